The average molecular weight is 383 g/mol. The summed E-state index contributed by atoms with van der Waals surface area (Å²) in [6.07, 6.45) is 1.40. The number of sulfonamides is 1. The summed E-state index contributed by atoms with van der Waals surface area (Å²) in [6, 6.07) is 11.5. The smallest absolute Gasteiger partial charge is 0.276 e. The number of benzene rings is 2. The van der Waals surface area contributed by atoms with E-state index in [1.54, 1.807) is 30.3 Å². The molecule has 8 heteroatoms. The molecule has 2 aromatic carbocycles. The third-order valence-electron chi connectivity index (χ3n) is 2.91. The number of hydrogen-bond donors (Lipinski definition) is 1. The number of hydrogen-bond acceptors (Lipinski definition) is 5. The summed E-state index contributed by atoms with van der Waals surface area (Å²) in [4.78, 5) is 2.30. The van der Waals surface area contributed by atoms with Gasteiger partial charge in [-0.3, -0.25) is 0 Å². The van der Waals surface area contributed by atoms with E-state index in [4.69, 9.17) is 9.47 Å². The summed E-state index contributed by atoms with van der Waals surface area (Å²) >= 11 is 3.25. The lowest BCUT2D eigenvalue weighted by molar-refractivity contribution is 0.174. The van der Waals surface area contributed by atoms with Crippen LogP contribution < -0.4 is 14.3 Å². The van der Waals surface area contributed by atoms with E-state index >= 15 is 0 Å². The normalized spacial score (nSPS) is 13.5. The Kier molecular flexibility index (Phi) is 4.04. The molecule has 0 amide bonds. The summed E-state index contributed by atoms with van der Waals surface area (Å²) in [7, 11) is -3.68. The van der Waals surface area contributed by atoms with E-state index in [2.05, 4.69) is 25.9 Å². The molecule has 1 N–H and O–H groups in total. The zero-order chi connectivity index (χ0) is 15.6. The van der Waals surface area contributed by atoms with Gasteiger partial charge in [0.15, 0.2) is 11.5 Å². The van der Waals surface area contributed by atoms with E-state index in [-0.39, 0.29) is 11.7 Å². The third-order valence-corrected chi connectivity index (χ3v) is 4.67. The van der Waals surface area contributed by atoms with E-state index < -0.39 is 10.0 Å². The van der Waals surface area contributed by atoms with Crippen LogP contribution in [0.4, 0.5) is 0 Å². The van der Waals surface area contributed by atoms with Gasteiger partial charge >= 0.3 is 0 Å². The molecule has 0 aliphatic carbocycles. The van der Waals surface area contributed by atoms with Gasteiger partial charge in [0.2, 0.25) is 6.79 Å². The molecule has 0 unspecified atom stereocenters. The Hall–Kier alpha value is -2.06. The van der Waals surface area contributed by atoms with Gasteiger partial charge in [-0.2, -0.15) is 13.5 Å². The lowest BCUT2D eigenvalue weighted by Gasteiger charge is -2.03. The fourth-order valence-corrected chi connectivity index (χ4v) is 2.89. The van der Waals surface area contributed by atoms with Crippen LogP contribution in [0.5, 0.6) is 11.5 Å². The van der Waals surface area contributed by atoms with Crippen molar-refractivity contribution in [3.8, 4) is 11.5 Å². The zero-order valence-corrected chi connectivity index (χ0v) is 13.6. The molecule has 2 aromatic rings. The summed E-state index contributed by atoms with van der Waals surface area (Å²) in [6.45, 7) is 0.187. The van der Waals surface area contributed by atoms with E-state index in [0.717, 1.165) is 4.47 Å². The van der Waals surface area contributed by atoms with Crippen molar-refractivity contribution >= 4 is 32.2 Å². The Morgan fingerprint density at radius 2 is 1.82 bits per heavy atom. The highest BCUT2D eigenvalue weighted by Gasteiger charge is 2.13. The zero-order valence-electron chi connectivity index (χ0n) is 11.2. The first-order valence-electron chi connectivity index (χ1n) is 6.25. The quantitative estimate of drug-likeness (QED) is 0.650. The van der Waals surface area contributed by atoms with Gasteiger partial charge in [0.1, 0.15) is 0 Å². The summed E-state index contributed by atoms with van der Waals surface area (Å²) in [5, 5.41) is 3.77. The molecule has 0 radical (unpaired) electrons. The number of ether oxygens (including phenoxy) is 2. The first-order chi connectivity index (χ1) is 10.5. The van der Waals surface area contributed by atoms with Crippen molar-refractivity contribution in [3.05, 3.63) is 52.5 Å². The van der Waals surface area contributed by atoms with Crippen LogP contribution in [0.1, 0.15) is 5.56 Å². The van der Waals surface area contributed by atoms with Crippen molar-refractivity contribution in [2.24, 2.45) is 5.10 Å². The SMILES string of the molecule is O=S(=O)(N/N=C\c1ccc2c(c1)OCO2)c1ccc(Br)cc1. The second-order valence-corrected chi connectivity index (χ2v) is 7.00. The largest absolute Gasteiger partial charge is 0.454 e. The summed E-state index contributed by atoms with van der Waals surface area (Å²) < 4.78 is 35.3. The molecule has 114 valence electrons. The van der Waals surface area contributed by atoms with Gasteiger partial charge in [-0.15, -0.1) is 0 Å². The van der Waals surface area contributed by atoms with Crippen molar-refractivity contribution in [2.45, 2.75) is 4.90 Å². The highest BCUT2D eigenvalue weighted by atomic mass is 79.9. The van der Waals surface area contributed by atoms with Crippen LogP contribution in [0.15, 0.2) is 56.9 Å². The molecule has 1 heterocycles. The Bertz CT molecular complexity index is 819. The van der Waals surface area contributed by atoms with Gasteiger partial charge < -0.3 is 9.47 Å². The highest BCUT2D eigenvalue weighted by molar-refractivity contribution is 9.10. The molecular formula is C14H11BrN2O4S. The summed E-state index contributed by atoms with van der Waals surface area (Å²) in [5.41, 5.74) is 0.697. The Morgan fingerprint density at radius 3 is 2.59 bits per heavy atom. The minimum atomic E-state index is -3.68. The van der Waals surface area contributed by atoms with Crippen molar-refractivity contribution in [1.29, 1.82) is 0 Å². The number of rotatable bonds is 4. The maximum absolute atomic E-state index is 12.0. The molecule has 1 aliphatic rings. The number of fused-ring (bicyclic) bond motifs is 1. The highest BCUT2D eigenvalue weighted by Crippen LogP contribution is 2.31. The van der Waals surface area contributed by atoms with Crippen LogP contribution in [0.25, 0.3) is 0 Å². The third kappa shape index (κ3) is 3.23. The molecule has 0 saturated carbocycles. The number of nitrogens with one attached hydrogen (secondary N) is 1. The molecule has 0 bridgehead atoms. The Balaban J connectivity index is 1.72. The van der Waals surface area contributed by atoms with Gasteiger partial charge in [0.05, 0.1) is 11.1 Å². The molecule has 0 saturated heterocycles. The maximum Gasteiger partial charge on any atom is 0.276 e. The first kappa shape index (κ1) is 14.9. The van der Waals surface area contributed by atoms with Gasteiger partial charge in [0, 0.05) is 4.47 Å². The monoisotopic (exact) mass is 382 g/mol. The topological polar surface area (TPSA) is 77.0 Å². The van der Waals surface area contributed by atoms with Crippen LogP contribution >= 0.6 is 15.9 Å². The Morgan fingerprint density at radius 1 is 1.09 bits per heavy atom. The van der Waals surface area contributed by atoms with Gasteiger partial charge in [0.25, 0.3) is 10.0 Å². The van der Waals surface area contributed by atoms with Gasteiger partial charge in [-0.25, -0.2) is 4.83 Å². The lowest BCUT2D eigenvalue weighted by atomic mass is 10.2. The molecular weight excluding hydrogens is 372 g/mol. The second kappa shape index (κ2) is 5.98. The fraction of sp³-hybridized carbons (Fsp3) is 0.0714. The molecule has 22 heavy (non-hydrogen) atoms. The van der Waals surface area contributed by atoms with Crippen LogP contribution in [0.3, 0.4) is 0 Å². The van der Waals surface area contributed by atoms with Crippen LogP contribution in [0, 0.1) is 0 Å². The molecule has 0 aromatic heterocycles. The predicted octanol–water partition coefficient (Wildman–Crippen LogP) is 2.49. The fourth-order valence-electron chi connectivity index (χ4n) is 1.83. The molecule has 0 atom stereocenters. The van der Waals surface area contributed by atoms with Crippen molar-refractivity contribution in [1.82, 2.24) is 4.83 Å². The first-order valence-corrected chi connectivity index (χ1v) is 8.52. The molecule has 6 nitrogen and oxygen atoms in total. The minimum Gasteiger partial charge on any atom is -0.454 e. The van der Waals surface area contributed by atoms with Crippen LogP contribution in [0.2, 0.25) is 0 Å². The minimum absolute atomic E-state index is 0.138. The second-order valence-electron chi connectivity index (χ2n) is 4.42. The van der Waals surface area contributed by atoms with Crippen LogP contribution in [-0.2, 0) is 10.0 Å². The van der Waals surface area contributed by atoms with Gasteiger partial charge in [-0.1, -0.05) is 15.9 Å². The molecule has 0 spiro atoms. The predicted molar refractivity (Wildman–Crippen MR) is 84.6 cm³/mol. The van der Waals surface area contributed by atoms with E-state index in [9.17, 15) is 8.42 Å². The molecule has 1 aliphatic heterocycles. The van der Waals surface area contributed by atoms with Gasteiger partial charge in [-0.05, 0) is 48.0 Å². The van der Waals surface area contributed by atoms with Crippen molar-refractivity contribution in [2.75, 3.05) is 6.79 Å². The molecule has 3 rings (SSSR count). The lowest BCUT2D eigenvalue weighted by Crippen LogP contribution is -2.18. The molecule has 0 fully saturated rings. The van der Waals surface area contributed by atoms with Crippen LogP contribution in [-0.4, -0.2) is 21.4 Å². The number of nitrogens with zero attached hydrogens (tertiary/aromatic N) is 1. The van der Waals surface area contributed by atoms with Crippen molar-refractivity contribution < 1.29 is 17.9 Å². The van der Waals surface area contributed by atoms with E-state index in [1.165, 1.54) is 18.3 Å². The Labute approximate surface area is 135 Å². The maximum atomic E-state index is 12.0. The average Bonchev–Trinajstić information content (AvgIpc) is 2.95. The number of hydrazone groups is 1. The number of halogens is 1. The van der Waals surface area contributed by atoms with Crippen molar-refractivity contribution in [3.63, 3.8) is 0 Å². The van der Waals surface area contributed by atoms with E-state index in [1.807, 2.05) is 0 Å². The standard InChI is InChI=1S/C14H11BrN2O4S/c15-11-2-4-12(5-3-11)22(18,19)17-16-8-10-1-6-13-14(7-10)21-9-20-13/h1-8,17H,9H2/b16-8-. The summed E-state index contributed by atoms with van der Waals surface area (Å²) in [5.74, 6) is 1.27. The van der Waals surface area contributed by atoms with E-state index in [0.29, 0.717) is 17.1 Å².